The number of aromatic hydroxyl groups is 1. The molecule has 1 aromatic carbocycles. The topological polar surface area (TPSA) is 75.1 Å². The largest absolute Gasteiger partial charge is 0.508 e. The van der Waals surface area contributed by atoms with Crippen LogP contribution in [0.5, 0.6) is 5.75 Å². The van der Waals surface area contributed by atoms with Gasteiger partial charge in [-0.15, -0.1) is 5.10 Å². The number of phenols is 1. The first-order chi connectivity index (χ1) is 9.38. The highest BCUT2D eigenvalue weighted by Gasteiger charge is 2.26. The summed E-state index contributed by atoms with van der Waals surface area (Å²) in [5.41, 5.74) is 1.33. The van der Waals surface area contributed by atoms with Crippen molar-refractivity contribution >= 4 is 17.4 Å². The molecule has 0 saturated heterocycles. The molecule has 1 heterocycles. The molecule has 0 fully saturated rings. The van der Waals surface area contributed by atoms with Crippen LogP contribution in [0.15, 0.2) is 24.3 Å². The maximum Gasteiger partial charge on any atom is 0.265 e. The molecule has 20 heavy (non-hydrogen) atoms. The molecule has 0 aliphatic heterocycles. The number of hydrogen-bond donors (Lipinski definition) is 2. The lowest BCUT2D eigenvalue weighted by atomic mass is 9.91. The standard InChI is InChI=1S/C14H17N3O2S/c1-14(2,3)12-11(20-17-16-12)13(19)15-8-9-5-4-6-10(18)7-9/h4-7,18H,8H2,1-3H3,(H,15,19). The first kappa shape index (κ1) is 14.5. The van der Waals surface area contributed by atoms with E-state index < -0.39 is 0 Å². The lowest BCUT2D eigenvalue weighted by Crippen LogP contribution is -2.25. The maximum absolute atomic E-state index is 12.2. The van der Waals surface area contributed by atoms with Gasteiger partial charge < -0.3 is 10.4 Å². The van der Waals surface area contributed by atoms with Crippen molar-refractivity contribution in [3.63, 3.8) is 0 Å². The Kier molecular flexibility index (Phi) is 4.04. The molecule has 6 heteroatoms. The predicted octanol–water partition coefficient (Wildman–Crippen LogP) is 2.47. The van der Waals surface area contributed by atoms with Crippen LogP contribution in [0.4, 0.5) is 0 Å². The van der Waals surface area contributed by atoms with Gasteiger partial charge in [-0.2, -0.15) is 0 Å². The van der Waals surface area contributed by atoms with Crippen molar-refractivity contribution in [1.29, 1.82) is 0 Å². The number of hydrogen-bond acceptors (Lipinski definition) is 5. The monoisotopic (exact) mass is 291 g/mol. The van der Waals surface area contributed by atoms with E-state index in [2.05, 4.69) is 14.9 Å². The van der Waals surface area contributed by atoms with Gasteiger partial charge in [0.15, 0.2) is 0 Å². The van der Waals surface area contributed by atoms with E-state index in [0.717, 1.165) is 17.1 Å². The van der Waals surface area contributed by atoms with Gasteiger partial charge in [0.25, 0.3) is 5.91 Å². The predicted molar refractivity (Wildman–Crippen MR) is 77.9 cm³/mol. The lowest BCUT2D eigenvalue weighted by Gasteiger charge is -2.16. The Balaban J connectivity index is 2.08. The van der Waals surface area contributed by atoms with E-state index in [0.29, 0.717) is 17.1 Å². The molecule has 0 atom stereocenters. The van der Waals surface area contributed by atoms with Crippen LogP contribution in [-0.2, 0) is 12.0 Å². The van der Waals surface area contributed by atoms with Crippen LogP contribution in [0, 0.1) is 0 Å². The molecular formula is C14H17N3O2S. The molecule has 0 aliphatic carbocycles. The van der Waals surface area contributed by atoms with E-state index in [1.165, 1.54) is 0 Å². The smallest absolute Gasteiger partial charge is 0.265 e. The molecule has 2 rings (SSSR count). The fraction of sp³-hybridized carbons (Fsp3) is 0.357. The van der Waals surface area contributed by atoms with Gasteiger partial charge in [0.1, 0.15) is 10.6 Å². The van der Waals surface area contributed by atoms with E-state index in [-0.39, 0.29) is 17.1 Å². The van der Waals surface area contributed by atoms with Crippen LogP contribution in [0.3, 0.4) is 0 Å². The van der Waals surface area contributed by atoms with Crippen LogP contribution < -0.4 is 5.32 Å². The van der Waals surface area contributed by atoms with Crippen LogP contribution in [0.2, 0.25) is 0 Å². The van der Waals surface area contributed by atoms with E-state index in [1.54, 1.807) is 18.2 Å². The van der Waals surface area contributed by atoms with Crippen LogP contribution in [0.1, 0.15) is 41.7 Å². The maximum atomic E-state index is 12.2. The van der Waals surface area contributed by atoms with E-state index in [1.807, 2.05) is 26.8 Å². The quantitative estimate of drug-likeness (QED) is 0.911. The second-order valence-electron chi connectivity index (χ2n) is 5.55. The molecule has 1 aromatic heterocycles. The van der Waals surface area contributed by atoms with Gasteiger partial charge in [-0.1, -0.05) is 37.4 Å². The Bertz CT molecular complexity index is 617. The number of carbonyl (C=O) groups is 1. The van der Waals surface area contributed by atoms with Crippen molar-refractivity contribution in [1.82, 2.24) is 14.9 Å². The van der Waals surface area contributed by atoms with E-state index >= 15 is 0 Å². The van der Waals surface area contributed by atoms with E-state index in [9.17, 15) is 9.90 Å². The molecule has 0 radical (unpaired) electrons. The number of nitrogens with one attached hydrogen (secondary N) is 1. The normalized spacial score (nSPS) is 11.3. The summed E-state index contributed by atoms with van der Waals surface area (Å²) in [5, 5.41) is 16.2. The van der Waals surface area contributed by atoms with Gasteiger partial charge in [-0.25, -0.2) is 0 Å². The molecule has 5 nitrogen and oxygen atoms in total. The zero-order valence-electron chi connectivity index (χ0n) is 11.7. The number of phenolic OH excluding ortho intramolecular Hbond substituents is 1. The Hall–Kier alpha value is -1.95. The van der Waals surface area contributed by atoms with E-state index in [4.69, 9.17) is 0 Å². The SMILES string of the molecule is CC(C)(C)c1nnsc1C(=O)NCc1cccc(O)c1. The van der Waals surface area contributed by atoms with Gasteiger partial charge in [-0.3, -0.25) is 4.79 Å². The molecule has 0 aliphatic rings. The average molecular weight is 291 g/mol. The van der Waals surface area contributed by atoms with Crippen molar-refractivity contribution in [2.24, 2.45) is 0 Å². The van der Waals surface area contributed by atoms with Gasteiger partial charge in [0.2, 0.25) is 0 Å². The minimum Gasteiger partial charge on any atom is -0.508 e. The van der Waals surface area contributed by atoms with Crippen molar-refractivity contribution in [3.8, 4) is 5.75 Å². The van der Waals surface area contributed by atoms with Crippen molar-refractivity contribution < 1.29 is 9.90 Å². The molecule has 2 N–H and O–H groups in total. The fourth-order valence-corrected chi connectivity index (χ4v) is 2.55. The summed E-state index contributed by atoms with van der Waals surface area (Å²) >= 11 is 1.10. The highest BCUT2D eigenvalue weighted by Crippen LogP contribution is 2.25. The van der Waals surface area contributed by atoms with Crippen LogP contribution in [0.25, 0.3) is 0 Å². The Morgan fingerprint density at radius 3 is 2.80 bits per heavy atom. The third kappa shape index (κ3) is 3.33. The lowest BCUT2D eigenvalue weighted by molar-refractivity contribution is 0.0952. The molecule has 0 spiro atoms. The summed E-state index contributed by atoms with van der Waals surface area (Å²) in [5.74, 6) is -0.000135. The third-order valence-electron chi connectivity index (χ3n) is 2.77. The number of aromatic nitrogens is 2. The minimum atomic E-state index is -0.218. The highest BCUT2D eigenvalue weighted by atomic mass is 32.1. The molecule has 0 bridgehead atoms. The Morgan fingerprint density at radius 1 is 1.40 bits per heavy atom. The number of nitrogens with zero attached hydrogens (tertiary/aromatic N) is 2. The number of benzene rings is 1. The zero-order valence-corrected chi connectivity index (χ0v) is 12.5. The minimum absolute atomic E-state index is 0.187. The summed E-state index contributed by atoms with van der Waals surface area (Å²) in [7, 11) is 0. The first-order valence-electron chi connectivity index (χ1n) is 6.27. The Labute approximate surface area is 121 Å². The van der Waals surface area contributed by atoms with Gasteiger partial charge in [-0.05, 0) is 29.2 Å². The van der Waals surface area contributed by atoms with Crippen molar-refractivity contribution in [2.75, 3.05) is 0 Å². The van der Waals surface area contributed by atoms with Crippen molar-refractivity contribution in [2.45, 2.75) is 32.7 Å². The van der Waals surface area contributed by atoms with Gasteiger partial charge in [0, 0.05) is 12.0 Å². The van der Waals surface area contributed by atoms with Crippen LogP contribution >= 0.6 is 11.5 Å². The molecule has 0 unspecified atom stereocenters. The Morgan fingerprint density at radius 2 is 2.15 bits per heavy atom. The van der Waals surface area contributed by atoms with Gasteiger partial charge in [0.05, 0.1) is 5.69 Å². The van der Waals surface area contributed by atoms with Crippen LogP contribution in [-0.4, -0.2) is 20.6 Å². The molecule has 1 amide bonds. The summed E-state index contributed by atoms with van der Waals surface area (Å²) in [6, 6.07) is 6.80. The van der Waals surface area contributed by atoms with Crippen molar-refractivity contribution in [3.05, 3.63) is 40.4 Å². The highest BCUT2D eigenvalue weighted by molar-refractivity contribution is 7.08. The molecule has 106 valence electrons. The summed E-state index contributed by atoms with van der Waals surface area (Å²) < 4.78 is 3.87. The average Bonchev–Trinajstić information content (AvgIpc) is 2.85. The number of carbonyl (C=O) groups excluding carboxylic acids is 1. The number of amides is 1. The molecule has 2 aromatic rings. The molecular weight excluding hydrogens is 274 g/mol. The summed E-state index contributed by atoms with van der Waals surface area (Å²) in [6.07, 6.45) is 0. The zero-order chi connectivity index (χ0) is 14.8. The first-order valence-corrected chi connectivity index (χ1v) is 7.04. The number of rotatable bonds is 3. The second-order valence-corrected chi connectivity index (χ2v) is 6.31. The van der Waals surface area contributed by atoms with Gasteiger partial charge >= 0.3 is 0 Å². The summed E-state index contributed by atoms with van der Waals surface area (Å²) in [6.45, 7) is 6.34. The summed E-state index contributed by atoms with van der Waals surface area (Å²) in [4.78, 5) is 12.7. The second kappa shape index (κ2) is 5.58. The third-order valence-corrected chi connectivity index (χ3v) is 3.49. The molecule has 0 saturated carbocycles. The fourth-order valence-electron chi connectivity index (χ4n) is 1.76.